The summed E-state index contributed by atoms with van der Waals surface area (Å²) in [5.41, 5.74) is 6.95. The Bertz CT molecular complexity index is 494. The van der Waals surface area contributed by atoms with Gasteiger partial charge in [-0.05, 0) is 39.1 Å². The first-order valence-electron chi connectivity index (χ1n) is 6.95. The molecule has 1 amide bonds. The highest BCUT2D eigenvalue weighted by Crippen LogP contribution is 2.15. The van der Waals surface area contributed by atoms with E-state index in [1.54, 1.807) is 12.1 Å². The summed E-state index contributed by atoms with van der Waals surface area (Å²) in [6.07, 6.45) is 1.13. The van der Waals surface area contributed by atoms with Crippen LogP contribution in [0, 0.1) is 0 Å². The second-order valence-corrected chi connectivity index (χ2v) is 5.51. The molecule has 1 atom stereocenters. The number of nitrogens with two attached hydrogens (primary N) is 1. The van der Waals surface area contributed by atoms with Gasteiger partial charge in [0.15, 0.2) is 0 Å². The summed E-state index contributed by atoms with van der Waals surface area (Å²) < 4.78 is 0. The molecule has 4 N–H and O–H groups in total. The number of aliphatic hydroxyl groups is 1. The average Bonchev–Trinajstić information content (AvgIpc) is 2.46. The van der Waals surface area contributed by atoms with Gasteiger partial charge in [-0.1, -0.05) is 24.4 Å². The van der Waals surface area contributed by atoms with Crippen molar-refractivity contribution in [3.8, 4) is 0 Å². The summed E-state index contributed by atoms with van der Waals surface area (Å²) in [5, 5.41) is 11.9. The molecular weight excluding hydrogens is 286 g/mol. The number of nitrogens with zero attached hydrogens (tertiary/aromatic N) is 1. The summed E-state index contributed by atoms with van der Waals surface area (Å²) in [4.78, 5) is 14.2. The van der Waals surface area contributed by atoms with E-state index >= 15 is 0 Å². The van der Waals surface area contributed by atoms with Gasteiger partial charge in [0.05, 0.1) is 12.3 Å². The predicted molar refractivity (Wildman–Crippen MR) is 89.4 cm³/mol. The van der Waals surface area contributed by atoms with E-state index in [0.717, 1.165) is 13.0 Å². The van der Waals surface area contributed by atoms with Crippen molar-refractivity contribution in [3.63, 3.8) is 0 Å². The van der Waals surface area contributed by atoms with Crippen molar-refractivity contribution in [2.75, 3.05) is 25.5 Å². The Morgan fingerprint density at radius 2 is 2.14 bits per heavy atom. The molecule has 0 aromatic heterocycles. The molecule has 6 heteroatoms. The van der Waals surface area contributed by atoms with E-state index in [4.69, 9.17) is 23.1 Å². The molecule has 0 aliphatic rings. The van der Waals surface area contributed by atoms with Crippen molar-refractivity contribution < 1.29 is 9.90 Å². The minimum Gasteiger partial charge on any atom is -0.395 e. The van der Waals surface area contributed by atoms with Crippen molar-refractivity contribution in [1.29, 1.82) is 0 Å². The topological polar surface area (TPSA) is 78.6 Å². The molecule has 116 valence electrons. The molecule has 1 aromatic rings. The Hall–Kier alpha value is -1.50. The zero-order valence-corrected chi connectivity index (χ0v) is 13.3. The van der Waals surface area contributed by atoms with Gasteiger partial charge in [-0.25, -0.2) is 0 Å². The van der Waals surface area contributed by atoms with Crippen LogP contribution in [0.25, 0.3) is 0 Å². The SMILES string of the molecule is CC(CO)N(C)CCCC(=O)Nc1ccccc1C(N)=S. The van der Waals surface area contributed by atoms with Crippen molar-refractivity contribution in [2.24, 2.45) is 5.73 Å². The fourth-order valence-electron chi connectivity index (χ4n) is 1.87. The van der Waals surface area contributed by atoms with Crippen LogP contribution in [0.15, 0.2) is 24.3 Å². The molecule has 0 spiro atoms. The maximum absolute atomic E-state index is 11.9. The number of benzene rings is 1. The Morgan fingerprint density at radius 1 is 1.48 bits per heavy atom. The maximum atomic E-state index is 11.9. The van der Waals surface area contributed by atoms with E-state index in [-0.39, 0.29) is 23.5 Å². The van der Waals surface area contributed by atoms with Gasteiger partial charge in [0.25, 0.3) is 0 Å². The second kappa shape index (κ2) is 8.71. The quantitative estimate of drug-likeness (QED) is 0.632. The Kier molecular flexibility index (Phi) is 7.28. The van der Waals surface area contributed by atoms with Crippen LogP contribution in [0.3, 0.4) is 0 Å². The van der Waals surface area contributed by atoms with E-state index in [0.29, 0.717) is 17.7 Å². The van der Waals surface area contributed by atoms with Gasteiger partial charge in [-0.3, -0.25) is 4.79 Å². The summed E-state index contributed by atoms with van der Waals surface area (Å²) in [5.74, 6) is -0.0660. The molecule has 0 fully saturated rings. The Labute approximate surface area is 131 Å². The van der Waals surface area contributed by atoms with Crippen LogP contribution in [0.2, 0.25) is 0 Å². The number of anilines is 1. The standard InChI is InChI=1S/C15H23N3O2S/c1-11(10-19)18(2)9-5-8-14(20)17-13-7-4-3-6-12(13)15(16)21/h3-4,6-7,11,19H,5,8-10H2,1-2H3,(H2,16,21)(H,17,20). The van der Waals surface area contributed by atoms with Crippen LogP contribution in [-0.2, 0) is 4.79 Å². The monoisotopic (exact) mass is 309 g/mol. The third kappa shape index (κ3) is 5.79. The third-order valence-corrected chi connectivity index (χ3v) is 3.62. The highest BCUT2D eigenvalue weighted by molar-refractivity contribution is 7.80. The van der Waals surface area contributed by atoms with E-state index in [1.165, 1.54) is 0 Å². The van der Waals surface area contributed by atoms with Crippen molar-refractivity contribution in [2.45, 2.75) is 25.8 Å². The highest BCUT2D eigenvalue weighted by atomic mass is 32.1. The fourth-order valence-corrected chi connectivity index (χ4v) is 2.05. The molecule has 21 heavy (non-hydrogen) atoms. The summed E-state index contributed by atoms with van der Waals surface area (Å²) in [6.45, 7) is 2.81. The molecular formula is C15H23N3O2S. The first-order valence-corrected chi connectivity index (χ1v) is 7.36. The minimum absolute atomic E-state index is 0.0660. The van der Waals surface area contributed by atoms with E-state index < -0.39 is 0 Å². The molecule has 0 radical (unpaired) electrons. The number of nitrogens with one attached hydrogen (secondary N) is 1. The molecule has 0 aliphatic carbocycles. The molecule has 0 aliphatic heterocycles. The van der Waals surface area contributed by atoms with Gasteiger partial charge < -0.3 is 21.1 Å². The second-order valence-electron chi connectivity index (χ2n) is 5.07. The maximum Gasteiger partial charge on any atom is 0.224 e. The lowest BCUT2D eigenvalue weighted by molar-refractivity contribution is -0.116. The number of hydrogen-bond donors (Lipinski definition) is 3. The lowest BCUT2D eigenvalue weighted by atomic mass is 10.1. The molecule has 0 saturated carbocycles. The van der Waals surface area contributed by atoms with Gasteiger partial charge in [0, 0.05) is 18.0 Å². The average molecular weight is 309 g/mol. The number of para-hydroxylation sites is 1. The minimum atomic E-state index is -0.0660. The highest BCUT2D eigenvalue weighted by Gasteiger charge is 2.10. The third-order valence-electron chi connectivity index (χ3n) is 3.40. The summed E-state index contributed by atoms with van der Waals surface area (Å²) in [7, 11) is 1.93. The number of thiocarbonyl (C=S) groups is 1. The van der Waals surface area contributed by atoms with Crippen LogP contribution < -0.4 is 11.1 Å². The predicted octanol–water partition coefficient (Wildman–Crippen LogP) is 1.35. The van der Waals surface area contributed by atoms with E-state index in [9.17, 15) is 4.79 Å². The number of hydrogen-bond acceptors (Lipinski definition) is 4. The molecule has 0 saturated heterocycles. The number of carbonyl (C=O) groups excluding carboxylic acids is 1. The van der Waals surface area contributed by atoms with Gasteiger partial charge >= 0.3 is 0 Å². The zero-order valence-electron chi connectivity index (χ0n) is 12.5. The molecule has 0 heterocycles. The summed E-state index contributed by atoms with van der Waals surface area (Å²) >= 11 is 4.96. The van der Waals surface area contributed by atoms with E-state index in [2.05, 4.69) is 5.32 Å². The molecule has 1 unspecified atom stereocenters. The number of likely N-dealkylation sites (N-methyl/N-ethyl adjacent to an activating group) is 1. The molecule has 1 aromatic carbocycles. The van der Waals surface area contributed by atoms with Crippen LogP contribution in [0.4, 0.5) is 5.69 Å². The first-order chi connectivity index (χ1) is 9.95. The first kappa shape index (κ1) is 17.6. The zero-order chi connectivity index (χ0) is 15.8. The van der Waals surface area contributed by atoms with E-state index in [1.807, 2.05) is 31.0 Å². The normalized spacial score (nSPS) is 12.2. The van der Waals surface area contributed by atoms with Crippen molar-refractivity contribution in [3.05, 3.63) is 29.8 Å². The van der Waals surface area contributed by atoms with Crippen LogP contribution in [0.1, 0.15) is 25.3 Å². The number of amides is 1. The van der Waals surface area contributed by atoms with Crippen molar-refractivity contribution in [1.82, 2.24) is 4.90 Å². The smallest absolute Gasteiger partial charge is 0.224 e. The molecule has 1 rings (SSSR count). The van der Waals surface area contributed by atoms with Gasteiger partial charge in [-0.15, -0.1) is 0 Å². The van der Waals surface area contributed by atoms with Crippen LogP contribution in [0.5, 0.6) is 0 Å². The van der Waals surface area contributed by atoms with Crippen LogP contribution >= 0.6 is 12.2 Å². The lowest BCUT2D eigenvalue weighted by Gasteiger charge is -2.22. The number of aliphatic hydroxyl groups excluding tert-OH is 1. The molecule has 0 bridgehead atoms. The number of rotatable bonds is 8. The lowest BCUT2D eigenvalue weighted by Crippen LogP contribution is -2.33. The Morgan fingerprint density at radius 3 is 2.76 bits per heavy atom. The summed E-state index contributed by atoms with van der Waals surface area (Å²) in [6, 6.07) is 7.33. The largest absolute Gasteiger partial charge is 0.395 e. The van der Waals surface area contributed by atoms with Gasteiger partial charge in [-0.2, -0.15) is 0 Å². The van der Waals surface area contributed by atoms with Gasteiger partial charge in [0.1, 0.15) is 4.99 Å². The Balaban J connectivity index is 2.46. The molecule has 5 nitrogen and oxygen atoms in total. The van der Waals surface area contributed by atoms with Crippen LogP contribution in [-0.4, -0.2) is 47.1 Å². The van der Waals surface area contributed by atoms with Gasteiger partial charge in [0.2, 0.25) is 5.91 Å². The van der Waals surface area contributed by atoms with Crippen molar-refractivity contribution >= 4 is 28.8 Å². The number of carbonyl (C=O) groups is 1. The fraction of sp³-hybridized carbons (Fsp3) is 0.467.